The monoisotopic (exact) mass is 273 g/mol. The quantitative estimate of drug-likeness (QED) is 0.742. The first-order valence-electron chi connectivity index (χ1n) is 5.93. The van der Waals surface area contributed by atoms with Gasteiger partial charge in [0.1, 0.15) is 5.82 Å². The lowest BCUT2D eigenvalue weighted by Gasteiger charge is -2.28. The third kappa shape index (κ3) is 4.21. The predicted molar refractivity (Wildman–Crippen MR) is 71.6 cm³/mol. The lowest BCUT2D eigenvalue weighted by molar-refractivity contribution is 0.169. The Morgan fingerprint density at radius 2 is 2.35 bits per heavy atom. The molecule has 0 radical (unpaired) electrons. The summed E-state index contributed by atoms with van der Waals surface area (Å²) in [5, 5.41) is 13.0. The van der Waals surface area contributed by atoms with E-state index in [1.54, 1.807) is 11.8 Å². The maximum atomic E-state index is 9.47. The smallest absolute Gasteiger partial charge is 0.170 e. The van der Waals surface area contributed by atoms with E-state index in [2.05, 4.69) is 21.6 Å². The molecule has 1 fully saturated rings. The topological polar surface area (TPSA) is 58.0 Å². The Balaban J connectivity index is 1.75. The number of aryl methyl sites for hydroxylation is 1. The molecule has 2 rings (SSSR count). The second-order valence-electron chi connectivity index (χ2n) is 4.84. The van der Waals surface area contributed by atoms with Gasteiger partial charge in [0.2, 0.25) is 0 Å². The lowest BCUT2D eigenvalue weighted by atomic mass is 10.0. The van der Waals surface area contributed by atoms with Gasteiger partial charge in [0.05, 0.1) is 6.61 Å². The summed E-state index contributed by atoms with van der Waals surface area (Å²) < 4.78 is 5.18. The van der Waals surface area contributed by atoms with E-state index < -0.39 is 0 Å². The highest BCUT2D eigenvalue weighted by molar-refractivity contribution is 8.00. The number of aromatic nitrogens is 2. The molecule has 1 aromatic heterocycles. The minimum atomic E-state index is -0.145. The molecule has 17 heavy (non-hydrogen) atoms. The van der Waals surface area contributed by atoms with Gasteiger partial charge in [-0.2, -0.15) is 4.37 Å². The average Bonchev–Trinajstić information content (AvgIpc) is 3.00. The zero-order valence-electron chi connectivity index (χ0n) is 10.3. The highest BCUT2D eigenvalue weighted by Gasteiger charge is 2.31. The molecule has 0 aromatic carbocycles. The number of hydrogen-bond acceptors (Lipinski definition) is 6. The van der Waals surface area contributed by atoms with Crippen molar-refractivity contribution < 1.29 is 5.11 Å². The molecule has 1 aliphatic rings. The molecule has 6 heteroatoms. The summed E-state index contributed by atoms with van der Waals surface area (Å²) in [4.78, 5) is 4.32. The summed E-state index contributed by atoms with van der Waals surface area (Å²) in [6.07, 6.45) is 3.44. The van der Waals surface area contributed by atoms with Gasteiger partial charge in [0, 0.05) is 17.3 Å². The Morgan fingerprint density at radius 3 is 2.88 bits per heavy atom. The fraction of sp³-hybridized carbons (Fsp3) is 0.818. The third-order valence-corrected chi connectivity index (χ3v) is 4.79. The summed E-state index contributed by atoms with van der Waals surface area (Å²) >= 11 is 3.18. The van der Waals surface area contributed by atoms with Crippen molar-refractivity contribution in [2.75, 3.05) is 12.4 Å². The molecule has 1 heterocycles. The van der Waals surface area contributed by atoms with E-state index in [4.69, 9.17) is 0 Å². The van der Waals surface area contributed by atoms with Gasteiger partial charge in [-0.05, 0) is 44.6 Å². The van der Waals surface area contributed by atoms with Crippen LogP contribution < -0.4 is 5.32 Å². The third-order valence-electron chi connectivity index (χ3n) is 2.87. The number of thioether (sulfide) groups is 1. The Morgan fingerprint density at radius 1 is 1.59 bits per heavy atom. The van der Waals surface area contributed by atoms with Crippen LogP contribution in [-0.4, -0.2) is 38.4 Å². The van der Waals surface area contributed by atoms with Gasteiger partial charge in [-0.15, -0.1) is 0 Å². The van der Waals surface area contributed by atoms with Crippen LogP contribution in [0.15, 0.2) is 4.34 Å². The van der Waals surface area contributed by atoms with E-state index in [1.165, 1.54) is 24.4 Å². The standard InChI is InChI=1S/C11H19N3OS2/c1-8-12-10(17-14-8)16-6-5-11(2,7-15)13-9-3-4-9/h9,13,15H,3-7H2,1-2H3. The van der Waals surface area contributed by atoms with Gasteiger partial charge in [0.25, 0.3) is 0 Å². The summed E-state index contributed by atoms with van der Waals surface area (Å²) in [6.45, 7) is 4.20. The molecule has 1 atom stereocenters. The molecular weight excluding hydrogens is 254 g/mol. The molecule has 1 aromatic rings. The second-order valence-corrected chi connectivity index (χ2v) is 6.94. The van der Waals surface area contributed by atoms with Crippen LogP contribution >= 0.6 is 23.3 Å². The molecule has 4 nitrogen and oxygen atoms in total. The van der Waals surface area contributed by atoms with Crippen molar-refractivity contribution >= 4 is 23.3 Å². The summed E-state index contributed by atoms with van der Waals surface area (Å²) in [6, 6.07) is 0.626. The first-order valence-corrected chi connectivity index (χ1v) is 7.69. The number of nitrogens with zero attached hydrogens (tertiary/aromatic N) is 2. The van der Waals surface area contributed by atoms with E-state index in [0.29, 0.717) is 6.04 Å². The van der Waals surface area contributed by atoms with E-state index in [1.807, 2.05) is 6.92 Å². The first kappa shape index (κ1) is 13.3. The minimum absolute atomic E-state index is 0.145. The second kappa shape index (κ2) is 5.65. The van der Waals surface area contributed by atoms with Crippen LogP contribution in [0.4, 0.5) is 0 Å². The van der Waals surface area contributed by atoms with Gasteiger partial charge in [-0.1, -0.05) is 11.8 Å². The van der Waals surface area contributed by atoms with Gasteiger partial charge in [-0.3, -0.25) is 0 Å². The zero-order valence-corrected chi connectivity index (χ0v) is 11.9. The van der Waals surface area contributed by atoms with Gasteiger partial charge < -0.3 is 10.4 Å². The largest absolute Gasteiger partial charge is 0.394 e. The maximum Gasteiger partial charge on any atom is 0.170 e. The van der Waals surface area contributed by atoms with E-state index >= 15 is 0 Å². The SMILES string of the molecule is Cc1nsc(SCCC(C)(CO)NC2CC2)n1. The van der Waals surface area contributed by atoms with Crippen LogP contribution in [0, 0.1) is 6.92 Å². The maximum absolute atomic E-state index is 9.47. The highest BCUT2D eigenvalue weighted by atomic mass is 32.2. The van der Waals surface area contributed by atoms with E-state index in [9.17, 15) is 5.11 Å². The molecule has 1 saturated carbocycles. The first-order chi connectivity index (χ1) is 8.11. The van der Waals surface area contributed by atoms with Crippen molar-refractivity contribution in [1.29, 1.82) is 0 Å². The number of hydrogen-bond donors (Lipinski definition) is 2. The van der Waals surface area contributed by atoms with Crippen LogP contribution in [0.25, 0.3) is 0 Å². The highest BCUT2D eigenvalue weighted by Crippen LogP contribution is 2.27. The molecule has 1 unspecified atom stereocenters. The summed E-state index contributed by atoms with van der Waals surface area (Å²) in [5.74, 6) is 1.81. The van der Waals surface area contributed by atoms with Crippen LogP contribution in [0.2, 0.25) is 0 Å². The molecular formula is C11H19N3OS2. The molecule has 0 amide bonds. The van der Waals surface area contributed by atoms with Crippen molar-refractivity contribution in [3.63, 3.8) is 0 Å². The van der Waals surface area contributed by atoms with Gasteiger partial charge >= 0.3 is 0 Å². The van der Waals surface area contributed by atoms with Crippen molar-refractivity contribution in [1.82, 2.24) is 14.7 Å². The fourth-order valence-electron chi connectivity index (χ4n) is 1.62. The number of aliphatic hydroxyl groups excluding tert-OH is 1. The predicted octanol–water partition coefficient (Wildman–Crippen LogP) is 1.83. The molecule has 1 aliphatic carbocycles. The minimum Gasteiger partial charge on any atom is -0.394 e. The summed E-state index contributed by atoms with van der Waals surface area (Å²) in [7, 11) is 0. The number of aliphatic hydroxyl groups is 1. The normalized spacial score (nSPS) is 19.2. The van der Waals surface area contributed by atoms with Gasteiger partial charge in [0.15, 0.2) is 4.34 Å². The fourth-order valence-corrected chi connectivity index (χ4v) is 3.54. The van der Waals surface area contributed by atoms with Crippen LogP contribution in [0.1, 0.15) is 32.0 Å². The van der Waals surface area contributed by atoms with Crippen LogP contribution in [-0.2, 0) is 0 Å². The van der Waals surface area contributed by atoms with Crippen molar-refractivity contribution in [3.05, 3.63) is 5.82 Å². The summed E-state index contributed by atoms with van der Waals surface area (Å²) in [5.41, 5.74) is -0.145. The average molecular weight is 273 g/mol. The molecule has 0 spiro atoms. The van der Waals surface area contributed by atoms with E-state index in [-0.39, 0.29) is 12.1 Å². The molecule has 0 saturated heterocycles. The molecule has 96 valence electrons. The molecule has 0 aliphatic heterocycles. The Kier molecular flexibility index (Phi) is 4.41. The lowest BCUT2D eigenvalue weighted by Crippen LogP contribution is -2.47. The molecule has 2 N–H and O–H groups in total. The van der Waals surface area contributed by atoms with Crippen molar-refractivity contribution in [2.24, 2.45) is 0 Å². The van der Waals surface area contributed by atoms with Crippen LogP contribution in [0.5, 0.6) is 0 Å². The van der Waals surface area contributed by atoms with Gasteiger partial charge in [-0.25, -0.2) is 4.98 Å². The number of nitrogens with one attached hydrogen (secondary N) is 1. The Hall–Kier alpha value is -0.170. The Bertz CT molecular complexity index is 367. The van der Waals surface area contributed by atoms with Crippen molar-refractivity contribution in [2.45, 2.75) is 49.0 Å². The van der Waals surface area contributed by atoms with Crippen molar-refractivity contribution in [3.8, 4) is 0 Å². The molecule has 0 bridgehead atoms. The number of rotatable bonds is 7. The Labute approximate surface area is 110 Å². The zero-order chi connectivity index (χ0) is 12.3. The van der Waals surface area contributed by atoms with Crippen LogP contribution in [0.3, 0.4) is 0 Å². The van der Waals surface area contributed by atoms with E-state index in [0.717, 1.165) is 22.3 Å².